The Bertz CT molecular complexity index is 399. The summed E-state index contributed by atoms with van der Waals surface area (Å²) in [5.41, 5.74) is -0.616. The zero-order valence-corrected chi connectivity index (χ0v) is 9.40. The van der Waals surface area contributed by atoms with E-state index in [-0.39, 0.29) is 5.69 Å². The molecule has 0 spiro atoms. The van der Waals surface area contributed by atoms with Gasteiger partial charge in [0.05, 0.1) is 5.69 Å². The van der Waals surface area contributed by atoms with E-state index in [1.165, 1.54) is 12.1 Å². The topological polar surface area (TPSA) is 41.1 Å². The maximum atomic E-state index is 13.2. The Morgan fingerprint density at radius 1 is 1.25 bits per heavy atom. The second-order valence-electron chi connectivity index (χ2n) is 4.43. The highest BCUT2D eigenvalue weighted by atomic mass is 19.2. The Morgan fingerprint density at radius 2 is 1.88 bits per heavy atom. The van der Waals surface area contributed by atoms with E-state index in [0.29, 0.717) is 0 Å². The molecule has 0 aromatic heterocycles. The molecule has 1 aromatic rings. The molecule has 2 N–H and O–H groups in total. The summed E-state index contributed by atoms with van der Waals surface area (Å²) >= 11 is 0. The van der Waals surface area contributed by atoms with Crippen molar-refractivity contribution in [3.63, 3.8) is 0 Å². The smallest absolute Gasteiger partial charge is 0.319 e. The molecule has 0 radical (unpaired) electrons. The molecule has 3 nitrogen and oxygen atoms in total. The van der Waals surface area contributed by atoms with Gasteiger partial charge >= 0.3 is 6.03 Å². The minimum atomic E-state index is -1.06. The van der Waals surface area contributed by atoms with Crippen LogP contribution in [0.1, 0.15) is 20.8 Å². The number of hydrogen-bond acceptors (Lipinski definition) is 1. The minimum Gasteiger partial charge on any atom is -0.333 e. The Kier molecular flexibility index (Phi) is 3.47. The summed E-state index contributed by atoms with van der Waals surface area (Å²) in [7, 11) is 0. The Morgan fingerprint density at radius 3 is 2.44 bits per heavy atom. The summed E-state index contributed by atoms with van der Waals surface area (Å²) < 4.78 is 26.0. The number of halogens is 2. The van der Waals surface area contributed by atoms with Crippen molar-refractivity contribution in [1.82, 2.24) is 5.32 Å². The summed E-state index contributed by atoms with van der Waals surface area (Å²) in [6.45, 7) is 5.36. The second kappa shape index (κ2) is 4.47. The van der Waals surface area contributed by atoms with Crippen molar-refractivity contribution in [3.8, 4) is 0 Å². The maximum absolute atomic E-state index is 13.2. The number of anilines is 1. The van der Waals surface area contributed by atoms with E-state index in [1.54, 1.807) is 20.8 Å². The van der Waals surface area contributed by atoms with Gasteiger partial charge in [-0.2, -0.15) is 0 Å². The predicted molar refractivity (Wildman–Crippen MR) is 58.3 cm³/mol. The van der Waals surface area contributed by atoms with Crippen LogP contribution in [0.4, 0.5) is 19.3 Å². The van der Waals surface area contributed by atoms with Crippen LogP contribution in [0.2, 0.25) is 0 Å². The molecule has 0 atom stereocenters. The lowest BCUT2D eigenvalue weighted by atomic mass is 10.1. The molecule has 1 rings (SSSR count). The van der Waals surface area contributed by atoms with E-state index < -0.39 is 23.2 Å². The lowest BCUT2D eigenvalue weighted by molar-refractivity contribution is 0.243. The molecule has 0 unspecified atom stereocenters. The molecule has 88 valence electrons. The summed E-state index contributed by atoms with van der Waals surface area (Å²) in [5.74, 6) is -2.06. The fraction of sp³-hybridized carbons (Fsp3) is 0.364. The summed E-state index contributed by atoms with van der Waals surface area (Å²) in [6, 6.07) is 3.03. The van der Waals surface area contributed by atoms with Crippen LogP contribution in [-0.4, -0.2) is 11.6 Å². The molecule has 5 heteroatoms. The SMILES string of the molecule is CC(C)(C)NC(=O)Nc1cccc(F)c1F. The highest BCUT2D eigenvalue weighted by Gasteiger charge is 2.15. The van der Waals surface area contributed by atoms with Gasteiger partial charge in [-0.05, 0) is 32.9 Å². The van der Waals surface area contributed by atoms with Crippen molar-refractivity contribution in [2.75, 3.05) is 5.32 Å². The molecule has 0 aliphatic rings. The van der Waals surface area contributed by atoms with Crippen LogP contribution in [0.5, 0.6) is 0 Å². The zero-order valence-electron chi connectivity index (χ0n) is 9.40. The van der Waals surface area contributed by atoms with Crippen LogP contribution in [0.15, 0.2) is 18.2 Å². The highest BCUT2D eigenvalue weighted by Crippen LogP contribution is 2.16. The molecule has 0 bridgehead atoms. The van der Waals surface area contributed by atoms with Gasteiger partial charge in [0.25, 0.3) is 0 Å². The number of rotatable bonds is 1. The van der Waals surface area contributed by atoms with Gasteiger partial charge in [0.1, 0.15) is 0 Å². The number of nitrogens with one attached hydrogen (secondary N) is 2. The molecule has 0 aliphatic carbocycles. The van der Waals surface area contributed by atoms with E-state index in [4.69, 9.17) is 0 Å². The fourth-order valence-electron chi connectivity index (χ4n) is 1.09. The molecule has 0 saturated heterocycles. The first-order valence-electron chi connectivity index (χ1n) is 4.83. The van der Waals surface area contributed by atoms with Gasteiger partial charge in [0, 0.05) is 5.54 Å². The second-order valence-corrected chi connectivity index (χ2v) is 4.43. The monoisotopic (exact) mass is 228 g/mol. The number of amides is 2. The number of carbonyl (C=O) groups is 1. The van der Waals surface area contributed by atoms with Crippen molar-refractivity contribution < 1.29 is 13.6 Å². The summed E-state index contributed by atoms with van der Waals surface area (Å²) in [5, 5.41) is 4.82. The van der Waals surface area contributed by atoms with Gasteiger partial charge in [-0.25, -0.2) is 13.6 Å². The van der Waals surface area contributed by atoms with Gasteiger partial charge in [0.2, 0.25) is 0 Å². The van der Waals surface area contributed by atoms with E-state index in [2.05, 4.69) is 10.6 Å². The number of urea groups is 1. The van der Waals surface area contributed by atoms with Crippen LogP contribution >= 0.6 is 0 Å². The van der Waals surface area contributed by atoms with Crippen molar-refractivity contribution in [2.24, 2.45) is 0 Å². The lowest BCUT2D eigenvalue weighted by Gasteiger charge is -2.20. The van der Waals surface area contributed by atoms with Crippen LogP contribution in [0, 0.1) is 11.6 Å². The van der Waals surface area contributed by atoms with Gasteiger partial charge in [-0.1, -0.05) is 6.07 Å². The van der Waals surface area contributed by atoms with Crippen LogP contribution in [0.3, 0.4) is 0 Å². The van der Waals surface area contributed by atoms with E-state index in [0.717, 1.165) is 6.07 Å². The molecule has 0 aliphatic heterocycles. The predicted octanol–water partition coefficient (Wildman–Crippen LogP) is 2.88. The summed E-state index contributed by atoms with van der Waals surface area (Å²) in [4.78, 5) is 11.4. The number of benzene rings is 1. The first-order valence-corrected chi connectivity index (χ1v) is 4.83. The first-order chi connectivity index (χ1) is 7.29. The molecule has 16 heavy (non-hydrogen) atoms. The number of carbonyl (C=O) groups excluding carboxylic acids is 1. The fourth-order valence-corrected chi connectivity index (χ4v) is 1.09. The Hall–Kier alpha value is -1.65. The third kappa shape index (κ3) is 3.49. The van der Waals surface area contributed by atoms with Crippen molar-refractivity contribution in [2.45, 2.75) is 26.3 Å². The Balaban J connectivity index is 2.74. The van der Waals surface area contributed by atoms with Crippen LogP contribution in [0.25, 0.3) is 0 Å². The van der Waals surface area contributed by atoms with Crippen LogP contribution < -0.4 is 10.6 Å². The normalized spacial score (nSPS) is 11.1. The average Bonchev–Trinajstić information content (AvgIpc) is 2.09. The van der Waals surface area contributed by atoms with Crippen molar-refractivity contribution >= 4 is 11.7 Å². The minimum absolute atomic E-state index is 0.179. The van der Waals surface area contributed by atoms with E-state index in [1.807, 2.05) is 0 Å². The zero-order chi connectivity index (χ0) is 12.3. The third-order valence-electron chi connectivity index (χ3n) is 1.69. The third-order valence-corrected chi connectivity index (χ3v) is 1.69. The molecular formula is C11H14F2N2O. The molecule has 1 aromatic carbocycles. The standard InChI is InChI=1S/C11H14F2N2O/c1-11(2,3)15-10(16)14-8-6-4-5-7(12)9(8)13/h4-6H,1-3H3,(H2,14,15,16). The van der Waals surface area contributed by atoms with Crippen molar-refractivity contribution in [3.05, 3.63) is 29.8 Å². The van der Waals surface area contributed by atoms with Gasteiger partial charge < -0.3 is 10.6 Å². The lowest BCUT2D eigenvalue weighted by Crippen LogP contribution is -2.43. The molecule has 2 amide bonds. The van der Waals surface area contributed by atoms with Crippen LogP contribution in [-0.2, 0) is 0 Å². The van der Waals surface area contributed by atoms with E-state index in [9.17, 15) is 13.6 Å². The summed E-state index contributed by atoms with van der Waals surface area (Å²) in [6.07, 6.45) is 0. The largest absolute Gasteiger partial charge is 0.333 e. The van der Waals surface area contributed by atoms with Gasteiger partial charge in [0.15, 0.2) is 11.6 Å². The molecular weight excluding hydrogens is 214 g/mol. The van der Waals surface area contributed by atoms with Crippen molar-refractivity contribution in [1.29, 1.82) is 0 Å². The molecule has 0 saturated carbocycles. The average molecular weight is 228 g/mol. The molecule has 0 heterocycles. The van der Waals surface area contributed by atoms with Gasteiger partial charge in [-0.15, -0.1) is 0 Å². The quantitative estimate of drug-likeness (QED) is 0.762. The number of hydrogen-bond donors (Lipinski definition) is 2. The maximum Gasteiger partial charge on any atom is 0.319 e. The highest BCUT2D eigenvalue weighted by molar-refractivity contribution is 5.89. The first kappa shape index (κ1) is 12.4. The van der Waals surface area contributed by atoms with Gasteiger partial charge in [-0.3, -0.25) is 0 Å². The van der Waals surface area contributed by atoms with E-state index >= 15 is 0 Å². The molecule has 0 fully saturated rings. The Labute approximate surface area is 92.8 Å².